The van der Waals surface area contributed by atoms with Crippen LogP contribution in [-0.4, -0.2) is 18.0 Å². The fraction of sp³-hybridized carbons (Fsp3) is 0.118. The Morgan fingerprint density at radius 3 is 2.41 bits per heavy atom. The van der Waals surface area contributed by atoms with E-state index in [9.17, 15) is 9.59 Å². The SMILES string of the molecule is Cc1ccccc1/C=N/NC(=O)C(=O)NCc1ccccc1. The number of carbonyl (C=O) groups is 2. The zero-order valence-electron chi connectivity index (χ0n) is 12.2. The molecule has 0 aliphatic heterocycles. The molecule has 0 saturated carbocycles. The summed E-state index contributed by atoms with van der Waals surface area (Å²) in [6.07, 6.45) is 1.51. The van der Waals surface area contributed by atoms with E-state index in [0.717, 1.165) is 16.7 Å². The van der Waals surface area contributed by atoms with E-state index in [4.69, 9.17) is 0 Å². The third-order valence-electron chi connectivity index (χ3n) is 3.06. The first-order valence-electron chi connectivity index (χ1n) is 6.87. The van der Waals surface area contributed by atoms with Crippen molar-refractivity contribution in [1.82, 2.24) is 10.7 Å². The van der Waals surface area contributed by atoms with Gasteiger partial charge in [-0.25, -0.2) is 5.43 Å². The van der Waals surface area contributed by atoms with Crippen LogP contribution < -0.4 is 10.7 Å². The standard InChI is InChI=1S/C17H17N3O2/c1-13-7-5-6-10-15(13)12-19-20-17(22)16(21)18-11-14-8-3-2-4-9-14/h2-10,12H,11H2,1H3,(H,18,21)(H,20,22)/b19-12+. The molecular formula is C17H17N3O2. The molecule has 22 heavy (non-hydrogen) atoms. The smallest absolute Gasteiger partial charge is 0.329 e. The Morgan fingerprint density at radius 2 is 1.68 bits per heavy atom. The Bertz CT molecular complexity index is 681. The van der Waals surface area contributed by atoms with Crippen LogP contribution >= 0.6 is 0 Å². The summed E-state index contributed by atoms with van der Waals surface area (Å²) >= 11 is 0. The summed E-state index contributed by atoms with van der Waals surface area (Å²) in [4.78, 5) is 23.2. The molecule has 0 atom stereocenters. The van der Waals surface area contributed by atoms with E-state index in [1.165, 1.54) is 6.21 Å². The van der Waals surface area contributed by atoms with E-state index in [2.05, 4.69) is 15.8 Å². The number of rotatable bonds is 4. The van der Waals surface area contributed by atoms with Gasteiger partial charge in [0.1, 0.15) is 0 Å². The lowest BCUT2D eigenvalue weighted by Crippen LogP contribution is -2.37. The predicted molar refractivity (Wildman–Crippen MR) is 85.2 cm³/mol. The number of hydrazone groups is 1. The van der Waals surface area contributed by atoms with E-state index in [1.807, 2.05) is 61.5 Å². The first-order chi connectivity index (χ1) is 10.7. The quantitative estimate of drug-likeness (QED) is 0.512. The molecule has 2 aromatic carbocycles. The van der Waals surface area contributed by atoms with Gasteiger partial charge >= 0.3 is 11.8 Å². The molecular weight excluding hydrogens is 278 g/mol. The molecule has 2 aromatic rings. The second kappa shape index (κ2) is 7.73. The highest BCUT2D eigenvalue weighted by molar-refractivity contribution is 6.35. The Kier molecular flexibility index (Phi) is 5.43. The van der Waals surface area contributed by atoms with Crippen LogP contribution in [0, 0.1) is 6.92 Å². The normalized spacial score (nSPS) is 10.4. The summed E-state index contributed by atoms with van der Waals surface area (Å²) in [5.74, 6) is -1.51. The van der Waals surface area contributed by atoms with Crippen LogP contribution in [0.4, 0.5) is 0 Å². The van der Waals surface area contributed by atoms with Crippen molar-refractivity contribution in [3.8, 4) is 0 Å². The van der Waals surface area contributed by atoms with E-state index in [-0.39, 0.29) is 0 Å². The van der Waals surface area contributed by atoms with Crippen LogP contribution in [0.3, 0.4) is 0 Å². The van der Waals surface area contributed by atoms with Crippen LogP contribution in [0.15, 0.2) is 59.7 Å². The van der Waals surface area contributed by atoms with Crippen molar-refractivity contribution in [2.45, 2.75) is 13.5 Å². The van der Waals surface area contributed by atoms with Gasteiger partial charge in [-0.15, -0.1) is 0 Å². The van der Waals surface area contributed by atoms with Crippen molar-refractivity contribution in [3.63, 3.8) is 0 Å². The summed E-state index contributed by atoms with van der Waals surface area (Å²) in [6.45, 7) is 2.24. The highest BCUT2D eigenvalue weighted by atomic mass is 16.2. The van der Waals surface area contributed by atoms with Gasteiger partial charge in [0.15, 0.2) is 0 Å². The van der Waals surface area contributed by atoms with Crippen molar-refractivity contribution in [2.24, 2.45) is 5.10 Å². The molecule has 0 heterocycles. The predicted octanol–water partition coefficient (Wildman–Crippen LogP) is 1.76. The highest BCUT2D eigenvalue weighted by Gasteiger charge is 2.11. The zero-order valence-corrected chi connectivity index (χ0v) is 12.2. The second-order valence-corrected chi connectivity index (χ2v) is 4.72. The minimum Gasteiger partial charge on any atom is -0.344 e. The number of benzene rings is 2. The van der Waals surface area contributed by atoms with Gasteiger partial charge in [-0.1, -0.05) is 54.6 Å². The van der Waals surface area contributed by atoms with Crippen LogP contribution in [0.2, 0.25) is 0 Å². The Labute approximate surface area is 129 Å². The number of nitrogens with one attached hydrogen (secondary N) is 2. The molecule has 0 fully saturated rings. The number of nitrogens with zero attached hydrogens (tertiary/aromatic N) is 1. The van der Waals surface area contributed by atoms with Crippen molar-refractivity contribution in [3.05, 3.63) is 71.3 Å². The molecule has 0 unspecified atom stereocenters. The summed E-state index contributed by atoms with van der Waals surface area (Å²) < 4.78 is 0. The van der Waals surface area contributed by atoms with Gasteiger partial charge < -0.3 is 5.32 Å². The minimum atomic E-state index is -0.791. The Hall–Kier alpha value is -2.95. The Morgan fingerprint density at radius 1 is 1.00 bits per heavy atom. The first-order valence-corrected chi connectivity index (χ1v) is 6.87. The number of carbonyl (C=O) groups excluding carboxylic acids is 2. The van der Waals surface area contributed by atoms with Crippen LogP contribution in [-0.2, 0) is 16.1 Å². The van der Waals surface area contributed by atoms with Crippen molar-refractivity contribution >= 4 is 18.0 Å². The molecule has 2 N–H and O–H groups in total. The third kappa shape index (κ3) is 4.56. The summed E-state index contributed by atoms with van der Waals surface area (Å²) in [5.41, 5.74) is 5.05. The van der Waals surface area contributed by atoms with E-state index < -0.39 is 11.8 Å². The lowest BCUT2D eigenvalue weighted by molar-refractivity contribution is -0.139. The fourth-order valence-corrected chi connectivity index (χ4v) is 1.80. The monoisotopic (exact) mass is 295 g/mol. The topological polar surface area (TPSA) is 70.6 Å². The van der Waals surface area contributed by atoms with Crippen LogP contribution in [0.1, 0.15) is 16.7 Å². The third-order valence-corrected chi connectivity index (χ3v) is 3.06. The molecule has 0 aliphatic rings. The van der Waals surface area contributed by atoms with E-state index >= 15 is 0 Å². The second-order valence-electron chi connectivity index (χ2n) is 4.72. The molecule has 0 bridgehead atoms. The van der Waals surface area contributed by atoms with Crippen LogP contribution in [0.5, 0.6) is 0 Å². The van der Waals surface area contributed by atoms with E-state index in [1.54, 1.807) is 0 Å². The molecule has 5 heteroatoms. The number of aryl methyl sites for hydroxylation is 1. The van der Waals surface area contributed by atoms with Crippen molar-refractivity contribution < 1.29 is 9.59 Å². The molecule has 0 saturated heterocycles. The van der Waals surface area contributed by atoms with Gasteiger partial charge in [0, 0.05) is 6.54 Å². The zero-order chi connectivity index (χ0) is 15.8. The van der Waals surface area contributed by atoms with E-state index in [0.29, 0.717) is 6.54 Å². The highest BCUT2D eigenvalue weighted by Crippen LogP contribution is 2.03. The average Bonchev–Trinajstić information content (AvgIpc) is 2.55. The molecule has 0 radical (unpaired) electrons. The largest absolute Gasteiger partial charge is 0.344 e. The maximum Gasteiger partial charge on any atom is 0.329 e. The molecule has 2 rings (SSSR count). The van der Waals surface area contributed by atoms with Gasteiger partial charge in [-0.05, 0) is 23.6 Å². The van der Waals surface area contributed by atoms with Crippen molar-refractivity contribution in [1.29, 1.82) is 0 Å². The molecule has 0 spiro atoms. The molecule has 112 valence electrons. The number of hydrogen-bond acceptors (Lipinski definition) is 3. The number of hydrogen-bond donors (Lipinski definition) is 2. The molecule has 0 aromatic heterocycles. The van der Waals surface area contributed by atoms with Gasteiger partial charge in [0.2, 0.25) is 0 Å². The van der Waals surface area contributed by atoms with Crippen LogP contribution in [0.25, 0.3) is 0 Å². The fourth-order valence-electron chi connectivity index (χ4n) is 1.80. The molecule has 5 nitrogen and oxygen atoms in total. The van der Waals surface area contributed by atoms with Gasteiger partial charge in [0.25, 0.3) is 0 Å². The van der Waals surface area contributed by atoms with Gasteiger partial charge in [-0.3, -0.25) is 9.59 Å². The Balaban J connectivity index is 1.82. The summed E-state index contributed by atoms with van der Waals surface area (Å²) in [6, 6.07) is 17.0. The summed E-state index contributed by atoms with van der Waals surface area (Å²) in [5, 5.41) is 6.33. The maximum atomic E-state index is 11.6. The molecule has 0 aliphatic carbocycles. The first kappa shape index (κ1) is 15.4. The van der Waals surface area contributed by atoms with Gasteiger partial charge in [-0.2, -0.15) is 5.10 Å². The summed E-state index contributed by atoms with van der Waals surface area (Å²) in [7, 11) is 0. The van der Waals surface area contributed by atoms with Crippen molar-refractivity contribution in [2.75, 3.05) is 0 Å². The minimum absolute atomic E-state index is 0.300. The number of amides is 2. The lowest BCUT2D eigenvalue weighted by Gasteiger charge is -2.04. The maximum absolute atomic E-state index is 11.6. The van der Waals surface area contributed by atoms with Gasteiger partial charge in [0.05, 0.1) is 6.21 Å². The lowest BCUT2D eigenvalue weighted by atomic mass is 10.1. The molecule has 2 amide bonds. The average molecular weight is 295 g/mol.